The van der Waals surface area contributed by atoms with Crippen LogP contribution < -0.4 is 10.1 Å². The van der Waals surface area contributed by atoms with Crippen LogP contribution in [0.1, 0.15) is 81.9 Å². The van der Waals surface area contributed by atoms with Crippen LogP contribution in [0.25, 0.3) is 10.9 Å². The van der Waals surface area contributed by atoms with Crippen LogP contribution in [-0.4, -0.2) is 46.2 Å². The van der Waals surface area contributed by atoms with Crippen LogP contribution in [0.3, 0.4) is 0 Å². The van der Waals surface area contributed by atoms with Gasteiger partial charge in [-0.25, -0.2) is 0 Å². The molecule has 0 aliphatic carbocycles. The predicted molar refractivity (Wildman–Crippen MR) is 152 cm³/mol. The SMILES string of the molecule is CCCCCC(NC(C)=O)(C(=O)N(CC)CC)c1c(C)n(C(=O)c2ccccc2)c2ccc(OC(C)=O)cc12. The molecule has 2 aromatic carbocycles. The van der Waals surface area contributed by atoms with E-state index in [4.69, 9.17) is 4.74 Å². The number of carbonyl (C=O) groups is 4. The lowest BCUT2D eigenvalue weighted by molar-refractivity contribution is -0.142. The van der Waals surface area contributed by atoms with Crippen molar-refractivity contribution in [2.75, 3.05) is 13.1 Å². The maximum Gasteiger partial charge on any atom is 0.308 e. The minimum absolute atomic E-state index is 0.231. The summed E-state index contributed by atoms with van der Waals surface area (Å²) in [6, 6.07) is 13.9. The summed E-state index contributed by atoms with van der Waals surface area (Å²) in [5.41, 5.74) is 0.708. The van der Waals surface area contributed by atoms with Crippen LogP contribution in [-0.2, 0) is 19.9 Å². The van der Waals surface area contributed by atoms with Crippen molar-refractivity contribution in [2.24, 2.45) is 0 Å². The van der Waals surface area contributed by atoms with Gasteiger partial charge in [-0.05, 0) is 57.5 Å². The summed E-state index contributed by atoms with van der Waals surface area (Å²) in [5.74, 6) is -1.03. The Morgan fingerprint density at radius 2 is 1.62 bits per heavy atom. The molecule has 1 aromatic heterocycles. The number of nitrogens with one attached hydrogen (secondary N) is 1. The number of fused-ring (bicyclic) bond motifs is 1. The van der Waals surface area contributed by atoms with Gasteiger partial charge in [0.1, 0.15) is 11.3 Å². The maximum absolute atomic E-state index is 14.4. The van der Waals surface area contributed by atoms with Crippen LogP contribution >= 0.6 is 0 Å². The van der Waals surface area contributed by atoms with Crippen molar-refractivity contribution in [1.29, 1.82) is 0 Å². The van der Waals surface area contributed by atoms with Gasteiger partial charge in [0.15, 0.2) is 0 Å². The summed E-state index contributed by atoms with van der Waals surface area (Å²) in [6.07, 6.45) is 2.84. The van der Waals surface area contributed by atoms with Crippen molar-refractivity contribution in [1.82, 2.24) is 14.8 Å². The van der Waals surface area contributed by atoms with Crippen LogP contribution in [0.2, 0.25) is 0 Å². The Kier molecular flexibility index (Phi) is 9.67. The van der Waals surface area contributed by atoms with E-state index < -0.39 is 11.5 Å². The minimum Gasteiger partial charge on any atom is -0.427 e. The number of unbranched alkanes of at least 4 members (excludes halogenated alkanes) is 2. The quantitative estimate of drug-likeness (QED) is 0.204. The standard InChI is InChI=1S/C31H39N3O5/c1-7-10-14-19-31(32-22(5)35,30(38)33(8-2)9-3)28-21(4)34(29(37)24-15-12-11-13-16-24)27-18-17-25(20-26(27)28)39-23(6)36/h11-13,15-18,20H,7-10,14,19H2,1-6H3,(H,32,35). The fourth-order valence-electron chi connectivity index (χ4n) is 5.38. The fraction of sp³-hybridized carbons (Fsp3) is 0.419. The second kappa shape index (κ2) is 12.7. The van der Waals surface area contributed by atoms with Crippen molar-refractivity contribution in [3.63, 3.8) is 0 Å². The van der Waals surface area contributed by atoms with Gasteiger partial charge >= 0.3 is 5.97 Å². The van der Waals surface area contributed by atoms with E-state index in [1.807, 2.05) is 19.9 Å². The Labute approximate surface area is 230 Å². The average Bonchev–Trinajstić information content (AvgIpc) is 3.19. The third-order valence-corrected chi connectivity index (χ3v) is 7.05. The monoisotopic (exact) mass is 533 g/mol. The molecule has 1 unspecified atom stereocenters. The van der Waals surface area contributed by atoms with Gasteiger partial charge < -0.3 is 15.0 Å². The number of likely N-dealkylation sites (N-methyl/N-ethyl adjacent to an activating group) is 1. The second-order valence-electron chi connectivity index (χ2n) is 9.76. The number of nitrogens with zero attached hydrogens (tertiary/aromatic N) is 2. The molecule has 0 fully saturated rings. The van der Waals surface area contributed by atoms with Crippen LogP contribution in [0, 0.1) is 6.92 Å². The van der Waals surface area contributed by atoms with Crippen molar-refractivity contribution in [2.45, 2.75) is 72.8 Å². The maximum atomic E-state index is 14.4. The summed E-state index contributed by atoms with van der Waals surface area (Å²) in [5, 5.41) is 3.61. The first-order chi connectivity index (χ1) is 18.6. The third kappa shape index (κ3) is 6.05. The van der Waals surface area contributed by atoms with Gasteiger partial charge in [0.25, 0.3) is 11.8 Å². The number of benzene rings is 2. The zero-order valence-corrected chi connectivity index (χ0v) is 23.8. The number of carbonyl (C=O) groups excluding carboxylic acids is 4. The molecular formula is C31H39N3O5. The molecule has 1 atom stereocenters. The van der Waals surface area contributed by atoms with Crippen LogP contribution in [0.15, 0.2) is 48.5 Å². The molecule has 208 valence electrons. The molecule has 3 aromatic rings. The Balaban J connectivity index is 2.46. The normalized spacial score (nSPS) is 12.6. The van der Waals surface area contributed by atoms with E-state index in [1.165, 1.54) is 13.8 Å². The molecule has 0 aliphatic heterocycles. The van der Waals surface area contributed by atoms with Crippen molar-refractivity contribution in [3.8, 4) is 5.75 Å². The van der Waals surface area contributed by atoms with Crippen molar-refractivity contribution < 1.29 is 23.9 Å². The molecule has 1 heterocycles. The van der Waals surface area contributed by atoms with Gasteiger partial charge in [-0.3, -0.25) is 23.7 Å². The van der Waals surface area contributed by atoms with Gasteiger partial charge in [0.05, 0.1) is 5.52 Å². The van der Waals surface area contributed by atoms with Crippen molar-refractivity contribution >= 4 is 34.6 Å². The van der Waals surface area contributed by atoms with Gasteiger partial charge in [-0.2, -0.15) is 0 Å². The van der Waals surface area contributed by atoms with Crippen LogP contribution in [0.5, 0.6) is 5.75 Å². The molecule has 0 saturated carbocycles. The van der Waals surface area contributed by atoms with E-state index in [9.17, 15) is 19.2 Å². The van der Waals surface area contributed by atoms with Crippen LogP contribution in [0.4, 0.5) is 0 Å². The number of aromatic nitrogens is 1. The highest BCUT2D eigenvalue weighted by atomic mass is 16.5. The Morgan fingerprint density at radius 1 is 0.949 bits per heavy atom. The van der Waals surface area contributed by atoms with Gasteiger partial charge in [0, 0.05) is 49.1 Å². The first-order valence-electron chi connectivity index (χ1n) is 13.6. The molecule has 0 spiro atoms. The third-order valence-electron chi connectivity index (χ3n) is 7.05. The minimum atomic E-state index is -1.42. The largest absolute Gasteiger partial charge is 0.427 e. The summed E-state index contributed by atoms with van der Waals surface area (Å²) < 4.78 is 6.99. The Hall–Kier alpha value is -3.94. The Bertz CT molecular complexity index is 1360. The van der Waals surface area contributed by atoms with E-state index >= 15 is 0 Å². The molecule has 0 radical (unpaired) electrons. The number of hydrogen-bond donors (Lipinski definition) is 1. The molecule has 3 rings (SSSR count). The molecule has 8 heteroatoms. The number of ether oxygens (including phenoxy) is 1. The van der Waals surface area contributed by atoms with Crippen molar-refractivity contribution in [3.05, 3.63) is 65.4 Å². The van der Waals surface area contributed by atoms with E-state index in [0.717, 1.165) is 12.8 Å². The summed E-state index contributed by atoms with van der Waals surface area (Å²) in [6.45, 7) is 11.3. The highest BCUT2D eigenvalue weighted by molar-refractivity contribution is 6.07. The highest BCUT2D eigenvalue weighted by Crippen LogP contribution is 2.41. The lowest BCUT2D eigenvalue weighted by atomic mass is 9.81. The van der Waals surface area contributed by atoms with Gasteiger partial charge in [-0.1, -0.05) is 44.4 Å². The summed E-state index contributed by atoms with van der Waals surface area (Å²) in [4.78, 5) is 54.5. The number of rotatable bonds is 11. The first kappa shape index (κ1) is 29.6. The number of hydrogen-bond acceptors (Lipinski definition) is 5. The predicted octanol–water partition coefficient (Wildman–Crippen LogP) is 5.34. The lowest BCUT2D eigenvalue weighted by Crippen LogP contribution is -2.57. The summed E-state index contributed by atoms with van der Waals surface area (Å²) >= 11 is 0. The van der Waals surface area contributed by atoms with E-state index in [1.54, 1.807) is 58.9 Å². The smallest absolute Gasteiger partial charge is 0.308 e. The number of esters is 1. The van der Waals surface area contributed by atoms with Gasteiger partial charge in [-0.15, -0.1) is 0 Å². The zero-order chi connectivity index (χ0) is 28.7. The van der Waals surface area contributed by atoms with E-state index in [2.05, 4.69) is 12.2 Å². The molecule has 39 heavy (non-hydrogen) atoms. The molecule has 0 bridgehead atoms. The molecule has 2 amide bonds. The average molecular weight is 534 g/mol. The van der Waals surface area contributed by atoms with E-state index in [0.29, 0.717) is 59.4 Å². The lowest BCUT2D eigenvalue weighted by Gasteiger charge is -2.38. The molecule has 0 aliphatic rings. The summed E-state index contributed by atoms with van der Waals surface area (Å²) in [7, 11) is 0. The molecule has 8 nitrogen and oxygen atoms in total. The first-order valence-corrected chi connectivity index (χ1v) is 13.6. The van der Waals surface area contributed by atoms with E-state index in [-0.39, 0.29) is 17.7 Å². The topological polar surface area (TPSA) is 97.7 Å². The number of amides is 2. The highest BCUT2D eigenvalue weighted by Gasteiger charge is 2.46. The Morgan fingerprint density at radius 3 is 2.18 bits per heavy atom. The zero-order valence-electron chi connectivity index (χ0n) is 23.8. The second-order valence-corrected chi connectivity index (χ2v) is 9.76. The molecule has 0 saturated heterocycles. The molecular weight excluding hydrogens is 494 g/mol. The van der Waals surface area contributed by atoms with Gasteiger partial charge in [0.2, 0.25) is 5.91 Å². The molecule has 1 N–H and O–H groups in total. The fourth-order valence-corrected chi connectivity index (χ4v) is 5.38.